The maximum atomic E-state index is 13.0. The molecule has 8 aliphatic rings. The molecule has 0 radical (unpaired) electrons. The van der Waals surface area contributed by atoms with E-state index in [0.717, 1.165) is 98.2 Å². The van der Waals surface area contributed by atoms with Crippen molar-refractivity contribution in [2.75, 3.05) is 26.2 Å². The fourth-order valence-electron chi connectivity index (χ4n) is 23.9. The van der Waals surface area contributed by atoms with Crippen LogP contribution in [-0.4, -0.2) is 67.1 Å². The van der Waals surface area contributed by atoms with Crippen LogP contribution in [0.1, 0.15) is 389 Å². The number of amides is 3. The van der Waals surface area contributed by atoms with E-state index in [-0.39, 0.29) is 5.91 Å². The van der Waals surface area contributed by atoms with Crippen LogP contribution in [-0.2, 0) is 19.2 Å². The maximum Gasteiger partial charge on any atom is 0.303 e. The smallest absolute Gasteiger partial charge is 0.303 e. The minimum atomic E-state index is -0.642. The van der Waals surface area contributed by atoms with Crippen LogP contribution in [0.4, 0.5) is 0 Å². The number of azide groups is 2. The largest absolute Gasteiger partial charge is 0.481 e. The fraction of sp³-hybridized carbons (Fsp3) is 0.911. The number of carboxylic acid groups (broad SMARTS) is 1. The number of aliphatic carboxylic acids is 1. The zero-order chi connectivity index (χ0) is 75.8. The summed E-state index contributed by atoms with van der Waals surface area (Å²) in [6, 6.07) is 0.754. The van der Waals surface area contributed by atoms with Gasteiger partial charge in [-0.15, -0.1) is 0 Å². The Balaban J connectivity index is 0.000000303. The lowest BCUT2D eigenvalue weighted by Crippen LogP contribution is -2.55. The van der Waals surface area contributed by atoms with Gasteiger partial charge in [-0.05, 0) is 316 Å². The number of carbonyl (C=O) groups excluding carboxylic acids is 3. The topological polar surface area (TPSA) is 248 Å². The van der Waals surface area contributed by atoms with Crippen molar-refractivity contribution in [2.45, 2.75) is 401 Å². The molecular formula is C90H160N10O5. The highest BCUT2D eigenvalue weighted by Crippen LogP contribution is 2.70. The normalized spacial score (nSPS) is 31.3. The van der Waals surface area contributed by atoms with Crippen molar-refractivity contribution in [2.24, 2.45) is 109 Å². The Labute approximate surface area is 642 Å². The van der Waals surface area contributed by atoms with Crippen molar-refractivity contribution in [3.63, 3.8) is 0 Å². The van der Waals surface area contributed by atoms with E-state index < -0.39 is 5.97 Å². The number of carbonyl (C=O) groups is 4. The molecule has 8 aliphatic carbocycles. The summed E-state index contributed by atoms with van der Waals surface area (Å²) in [6.45, 7) is 21.9. The predicted octanol–water partition coefficient (Wildman–Crippen LogP) is 24.7. The summed E-state index contributed by atoms with van der Waals surface area (Å²) in [5, 5.41) is 26.1. The Morgan fingerprint density at radius 1 is 0.448 bits per heavy atom. The van der Waals surface area contributed by atoms with E-state index in [1.54, 1.807) is 0 Å². The molecule has 0 bridgehead atoms. The van der Waals surface area contributed by atoms with Crippen molar-refractivity contribution in [3.05, 3.63) is 45.2 Å². The minimum absolute atomic E-state index is 0.136. The molecule has 0 heterocycles. The number of rotatable bonds is 47. The Bertz CT molecular complexity index is 2640. The van der Waals surface area contributed by atoms with Crippen LogP contribution >= 0.6 is 0 Å². The number of hydrogen-bond donors (Lipinski definition) is 5. The first-order valence-electron chi connectivity index (χ1n) is 44.9. The molecule has 8 fully saturated rings. The third kappa shape index (κ3) is 28.6. The molecule has 6 N–H and O–H groups in total. The van der Waals surface area contributed by atoms with Gasteiger partial charge in [0.25, 0.3) is 0 Å². The average Bonchev–Trinajstić information content (AvgIpc) is 1.69. The summed E-state index contributed by atoms with van der Waals surface area (Å²) in [5.41, 5.74) is 22.9. The van der Waals surface area contributed by atoms with Gasteiger partial charge in [0.2, 0.25) is 17.7 Å². The van der Waals surface area contributed by atoms with Crippen LogP contribution in [0.5, 0.6) is 0 Å². The van der Waals surface area contributed by atoms with Gasteiger partial charge < -0.3 is 26.8 Å². The van der Waals surface area contributed by atoms with Crippen molar-refractivity contribution in [3.8, 4) is 0 Å². The number of nitrogens with zero attached hydrogens (tertiary/aromatic N) is 6. The van der Waals surface area contributed by atoms with Crippen molar-refractivity contribution in [1.29, 1.82) is 0 Å². The molecule has 15 heteroatoms. The first kappa shape index (κ1) is 89.8. The second-order valence-corrected chi connectivity index (χ2v) is 36.7. The van der Waals surface area contributed by atoms with Crippen LogP contribution in [0.15, 0.2) is 34.5 Å². The lowest BCUT2D eigenvalue weighted by Gasteiger charge is -2.61. The van der Waals surface area contributed by atoms with Gasteiger partial charge in [0, 0.05) is 67.2 Å². The molecule has 0 spiro atoms. The number of carboxylic acids is 1. The molecule has 8 saturated carbocycles. The summed E-state index contributed by atoms with van der Waals surface area (Å²) in [7, 11) is 0. The molecule has 105 heavy (non-hydrogen) atoms. The first-order chi connectivity index (χ1) is 50.8. The quantitative estimate of drug-likeness (QED) is 0.0130. The summed E-state index contributed by atoms with van der Waals surface area (Å²) < 4.78 is 0. The second kappa shape index (κ2) is 49.3. The molecule has 3 amide bonds. The van der Waals surface area contributed by atoms with Gasteiger partial charge in [0.1, 0.15) is 0 Å². The third-order valence-electron chi connectivity index (χ3n) is 29.9. The molecule has 0 aliphatic heterocycles. The molecule has 0 aromatic heterocycles. The Morgan fingerprint density at radius 2 is 0.819 bits per heavy atom. The summed E-state index contributed by atoms with van der Waals surface area (Å²) >= 11 is 0. The zero-order valence-electron chi connectivity index (χ0n) is 68.8. The van der Waals surface area contributed by atoms with Gasteiger partial charge >= 0.3 is 5.97 Å². The van der Waals surface area contributed by atoms with Crippen LogP contribution in [0, 0.1) is 92.7 Å². The molecule has 18 atom stereocenters. The van der Waals surface area contributed by atoms with E-state index in [2.05, 4.69) is 116 Å². The summed E-state index contributed by atoms with van der Waals surface area (Å²) in [6.07, 6.45) is 72.2. The van der Waals surface area contributed by atoms with E-state index in [0.29, 0.717) is 122 Å². The monoisotopic (exact) mass is 1460 g/mol. The number of nitrogens with one attached hydrogen (secondary N) is 3. The summed E-state index contributed by atoms with van der Waals surface area (Å²) in [4.78, 5) is 54.9. The number of fused-ring (bicyclic) bond motifs is 10. The van der Waals surface area contributed by atoms with Gasteiger partial charge in [-0.1, -0.05) is 193 Å². The summed E-state index contributed by atoms with van der Waals surface area (Å²) in [5.74, 6) is 9.10. The van der Waals surface area contributed by atoms with Crippen LogP contribution in [0.3, 0.4) is 0 Å². The fourth-order valence-corrected chi connectivity index (χ4v) is 23.9. The minimum Gasteiger partial charge on any atom is -0.481 e. The SMILES string of the molecule is CCCCCCCC/C=C\CCCCCCCC(=O)N[C@H]1CC[C@@]2(C)C(CCC3C2CC[C@@]2(C)C3CC[C@@H]2[C@H](C)CCC(=O)NCCCN=[N+]=[N-])C1.CCCCCCCC/C=C\CCCCCCCC(=O)N[C@H]1CC[C@@]2(C)C(CCC3C2CC[C@@]2(C)C3CC[C@@H]2[C@H](C)CCC(=O)O)C1.[N-]=[N+]=NCCCN. The Hall–Kier alpha value is -4.06. The van der Waals surface area contributed by atoms with Gasteiger partial charge in [-0.2, -0.15) is 0 Å². The van der Waals surface area contributed by atoms with Gasteiger partial charge in [0.05, 0.1) is 0 Å². The highest BCUT2D eigenvalue weighted by atomic mass is 16.4. The molecule has 0 aromatic carbocycles. The Kier molecular flexibility index (Phi) is 42.1. The second-order valence-electron chi connectivity index (χ2n) is 36.7. The molecule has 8 rings (SSSR count). The molecule has 0 saturated heterocycles. The standard InChI is InChI=1S/C45H79N5O2.C42H73NO3.C3H8N4/c1-5-6-7-8-9-10-11-12-13-14-15-16-17-18-19-21-43(52)49-37-28-30-44(3)36(34-37)23-24-38-40-26-25-39(45(40,4)31-29-41(38)44)35(2)22-27-42(51)47-32-20-33-48-50-46;1-5-6-7-8-9-10-11-12-13-14-15-16-17-18-19-20-39(44)43-34-27-29-41(3)33(31-34)22-23-35-37-25-24-36(32(2)21-26-40(45)46)42(37,4)30-28-38(35)41;4-2-1-3-6-7-5/h12-13,35-41H,5-11,14-34H2,1-4H3,(H,47,51)(H,49,52);12-13,32-38H,5-11,14-31H2,1-4H3,(H,43,44)(H,45,46);1-4H2/b2*13-12-;/t35-,36?,37+,38?,39-,40?,41?,44+,45-;32-,33?,34+,35?,36-,37?,38?,41+,42-;/m11./s1. The molecule has 0 aromatic rings. The molecule has 600 valence electrons. The predicted molar refractivity (Wildman–Crippen MR) is 437 cm³/mol. The zero-order valence-corrected chi connectivity index (χ0v) is 68.8. The molecular weight excluding hydrogens is 1300 g/mol. The molecule has 8 unspecified atom stereocenters. The molecule has 15 nitrogen and oxygen atoms in total. The van der Waals surface area contributed by atoms with Crippen molar-refractivity contribution >= 4 is 23.7 Å². The number of hydrogen-bond acceptors (Lipinski definition) is 7. The van der Waals surface area contributed by atoms with E-state index in [1.165, 1.54) is 257 Å². The van der Waals surface area contributed by atoms with Crippen LogP contribution in [0.2, 0.25) is 0 Å². The maximum absolute atomic E-state index is 13.0. The highest BCUT2D eigenvalue weighted by Gasteiger charge is 2.62. The van der Waals surface area contributed by atoms with E-state index in [4.69, 9.17) is 16.8 Å². The number of nitrogens with two attached hydrogens (primary N) is 1. The number of unbranched alkanes of at least 4 members (excludes halogenated alkanes) is 22. The third-order valence-corrected chi connectivity index (χ3v) is 29.9. The van der Waals surface area contributed by atoms with Gasteiger partial charge in [-0.3, -0.25) is 19.2 Å². The van der Waals surface area contributed by atoms with Crippen LogP contribution in [0.25, 0.3) is 20.9 Å². The van der Waals surface area contributed by atoms with E-state index >= 15 is 0 Å². The van der Waals surface area contributed by atoms with Crippen LogP contribution < -0.4 is 21.7 Å². The van der Waals surface area contributed by atoms with Gasteiger partial charge in [0.15, 0.2) is 0 Å². The Morgan fingerprint density at radius 3 is 1.22 bits per heavy atom. The average molecular weight is 1460 g/mol. The first-order valence-corrected chi connectivity index (χ1v) is 44.9. The lowest BCUT2D eigenvalue weighted by molar-refractivity contribution is -0.138. The van der Waals surface area contributed by atoms with Crippen molar-refractivity contribution < 1.29 is 24.3 Å². The van der Waals surface area contributed by atoms with E-state index in [1.807, 2.05) is 0 Å². The van der Waals surface area contributed by atoms with Gasteiger partial charge in [-0.25, -0.2) is 0 Å². The lowest BCUT2D eigenvalue weighted by atomic mass is 9.44. The van der Waals surface area contributed by atoms with E-state index in [9.17, 15) is 24.3 Å². The number of allylic oxidation sites excluding steroid dienone is 4. The highest BCUT2D eigenvalue weighted by molar-refractivity contribution is 5.77. The van der Waals surface area contributed by atoms with Crippen molar-refractivity contribution in [1.82, 2.24) is 16.0 Å².